The van der Waals surface area contributed by atoms with E-state index in [4.69, 9.17) is 0 Å². The number of H-pyrrole nitrogens is 1. The van der Waals surface area contributed by atoms with Crippen LogP contribution in [0.3, 0.4) is 0 Å². The van der Waals surface area contributed by atoms with E-state index in [0.717, 1.165) is 13.0 Å². The molecule has 0 aliphatic rings. The number of hydrogen-bond acceptors (Lipinski definition) is 3. The average Bonchev–Trinajstić information content (AvgIpc) is 2.87. The molecule has 0 aliphatic heterocycles. The van der Waals surface area contributed by atoms with Crippen molar-refractivity contribution in [3.05, 3.63) is 53.0 Å². The molecule has 0 saturated heterocycles. The van der Waals surface area contributed by atoms with Crippen molar-refractivity contribution >= 4 is 5.91 Å². The van der Waals surface area contributed by atoms with Gasteiger partial charge in [-0.1, -0.05) is 6.07 Å². The molecule has 2 aromatic heterocycles. The van der Waals surface area contributed by atoms with Crippen LogP contribution in [0.15, 0.2) is 41.7 Å². The van der Waals surface area contributed by atoms with Gasteiger partial charge in [-0.2, -0.15) is 0 Å². The molecule has 0 bridgehead atoms. The fourth-order valence-electron chi connectivity index (χ4n) is 1.56. The van der Waals surface area contributed by atoms with E-state index in [-0.39, 0.29) is 17.2 Å². The fourth-order valence-corrected chi connectivity index (χ4v) is 1.56. The Kier molecular flexibility index (Phi) is 3.90. The molecule has 0 aromatic carbocycles. The maximum atomic E-state index is 11.7. The lowest BCUT2D eigenvalue weighted by Crippen LogP contribution is -2.27. The number of nitrogens with one attached hydrogen (secondary N) is 2. The van der Waals surface area contributed by atoms with Crippen molar-refractivity contribution in [2.24, 2.45) is 0 Å². The second-order valence-electron chi connectivity index (χ2n) is 3.84. The van der Waals surface area contributed by atoms with Crippen molar-refractivity contribution in [1.29, 1.82) is 0 Å². The van der Waals surface area contributed by atoms with Gasteiger partial charge in [-0.15, -0.1) is 0 Å². The van der Waals surface area contributed by atoms with Gasteiger partial charge in [-0.25, -0.2) is 4.98 Å². The summed E-state index contributed by atoms with van der Waals surface area (Å²) in [4.78, 5) is 29.1. The normalized spacial score (nSPS) is 10.2. The van der Waals surface area contributed by atoms with E-state index in [1.165, 1.54) is 6.07 Å². The third-order valence-corrected chi connectivity index (χ3v) is 2.45. The molecule has 1 amide bonds. The van der Waals surface area contributed by atoms with Gasteiger partial charge in [0.25, 0.3) is 5.91 Å². The SMILES string of the molecule is O=C(NCCCn1ccnc1)c1cccc(=O)[nH]1. The van der Waals surface area contributed by atoms with Crippen molar-refractivity contribution in [2.75, 3.05) is 6.54 Å². The summed E-state index contributed by atoms with van der Waals surface area (Å²) in [7, 11) is 0. The maximum Gasteiger partial charge on any atom is 0.267 e. The zero-order valence-electron chi connectivity index (χ0n) is 9.80. The topological polar surface area (TPSA) is 79.8 Å². The molecule has 6 heteroatoms. The Labute approximate surface area is 104 Å². The minimum atomic E-state index is -0.277. The van der Waals surface area contributed by atoms with Crippen molar-refractivity contribution < 1.29 is 4.79 Å². The van der Waals surface area contributed by atoms with E-state index in [9.17, 15) is 9.59 Å². The highest BCUT2D eigenvalue weighted by molar-refractivity contribution is 5.92. The first-order valence-electron chi connectivity index (χ1n) is 5.69. The molecule has 0 fully saturated rings. The van der Waals surface area contributed by atoms with Crippen LogP contribution in [0, 0.1) is 0 Å². The predicted molar refractivity (Wildman–Crippen MR) is 66.2 cm³/mol. The van der Waals surface area contributed by atoms with Crippen LogP contribution < -0.4 is 10.9 Å². The Morgan fingerprint density at radius 2 is 2.33 bits per heavy atom. The minimum absolute atomic E-state index is 0.265. The van der Waals surface area contributed by atoms with E-state index in [1.807, 2.05) is 10.8 Å². The Morgan fingerprint density at radius 3 is 3.06 bits per heavy atom. The molecule has 0 spiro atoms. The third kappa shape index (κ3) is 3.31. The van der Waals surface area contributed by atoms with Crippen molar-refractivity contribution in [1.82, 2.24) is 19.9 Å². The third-order valence-electron chi connectivity index (χ3n) is 2.45. The van der Waals surface area contributed by atoms with Gasteiger partial charge in [-0.05, 0) is 12.5 Å². The average molecular weight is 246 g/mol. The number of nitrogens with zero attached hydrogens (tertiary/aromatic N) is 2. The number of amides is 1. The zero-order valence-corrected chi connectivity index (χ0v) is 9.80. The highest BCUT2D eigenvalue weighted by atomic mass is 16.2. The minimum Gasteiger partial charge on any atom is -0.351 e. The van der Waals surface area contributed by atoms with Crippen LogP contribution in [0.1, 0.15) is 16.9 Å². The number of aryl methyl sites for hydroxylation is 1. The summed E-state index contributed by atoms with van der Waals surface area (Å²) in [5, 5.41) is 2.75. The van der Waals surface area contributed by atoms with Crippen molar-refractivity contribution in [2.45, 2.75) is 13.0 Å². The molecule has 0 atom stereocenters. The van der Waals surface area contributed by atoms with Crippen molar-refractivity contribution in [3.8, 4) is 0 Å². The molecule has 94 valence electrons. The van der Waals surface area contributed by atoms with Crippen LogP contribution >= 0.6 is 0 Å². The number of rotatable bonds is 5. The summed E-state index contributed by atoms with van der Waals surface area (Å²) >= 11 is 0. The highest BCUT2D eigenvalue weighted by Gasteiger charge is 2.04. The van der Waals surface area contributed by atoms with Gasteiger partial charge in [0.1, 0.15) is 5.69 Å². The summed E-state index contributed by atoms with van der Waals surface area (Å²) in [6, 6.07) is 4.50. The standard InChI is InChI=1S/C12H14N4O2/c17-11-4-1-3-10(15-11)12(18)14-5-2-7-16-8-6-13-9-16/h1,3-4,6,8-9H,2,5,7H2,(H,14,18)(H,15,17). The summed E-state index contributed by atoms with van der Waals surface area (Å²) in [5.74, 6) is -0.265. The second kappa shape index (κ2) is 5.81. The van der Waals surface area contributed by atoms with E-state index in [0.29, 0.717) is 6.54 Å². The first kappa shape index (κ1) is 12.1. The van der Waals surface area contributed by atoms with Crippen LogP contribution in [0.2, 0.25) is 0 Å². The molecule has 0 unspecified atom stereocenters. The number of carbonyl (C=O) groups excluding carboxylic acids is 1. The summed E-state index contributed by atoms with van der Waals surface area (Å²) in [6.07, 6.45) is 6.12. The van der Waals surface area contributed by atoms with Crippen LogP contribution in [0.5, 0.6) is 0 Å². The highest BCUT2D eigenvalue weighted by Crippen LogP contribution is 1.92. The molecule has 2 aromatic rings. The number of aromatic nitrogens is 3. The quantitative estimate of drug-likeness (QED) is 0.749. The lowest BCUT2D eigenvalue weighted by molar-refractivity contribution is 0.0947. The molecule has 2 N–H and O–H groups in total. The van der Waals surface area contributed by atoms with Crippen LogP contribution in [-0.2, 0) is 6.54 Å². The van der Waals surface area contributed by atoms with Gasteiger partial charge < -0.3 is 14.9 Å². The first-order chi connectivity index (χ1) is 8.75. The van der Waals surface area contributed by atoms with Gasteiger partial charge in [-0.3, -0.25) is 9.59 Å². The molecule has 0 saturated carbocycles. The molecule has 0 radical (unpaired) electrons. The van der Waals surface area contributed by atoms with E-state index in [2.05, 4.69) is 15.3 Å². The smallest absolute Gasteiger partial charge is 0.267 e. The molecule has 18 heavy (non-hydrogen) atoms. The van der Waals surface area contributed by atoms with Gasteiger partial charge in [0.15, 0.2) is 0 Å². The van der Waals surface area contributed by atoms with Gasteiger partial charge >= 0.3 is 0 Å². The monoisotopic (exact) mass is 246 g/mol. The number of hydrogen-bond donors (Lipinski definition) is 2. The Hall–Kier alpha value is -2.37. The molecule has 2 rings (SSSR count). The van der Waals surface area contributed by atoms with E-state index in [1.54, 1.807) is 24.7 Å². The van der Waals surface area contributed by atoms with E-state index >= 15 is 0 Å². The van der Waals surface area contributed by atoms with Gasteiger partial charge in [0.05, 0.1) is 6.33 Å². The zero-order chi connectivity index (χ0) is 12.8. The number of imidazole rings is 1. The molecule has 0 aliphatic carbocycles. The van der Waals surface area contributed by atoms with Gasteiger partial charge in [0, 0.05) is 31.5 Å². The first-order valence-corrected chi connectivity index (χ1v) is 5.69. The van der Waals surface area contributed by atoms with Gasteiger partial charge in [0.2, 0.25) is 5.56 Å². The van der Waals surface area contributed by atoms with E-state index < -0.39 is 0 Å². The number of aromatic amines is 1. The molecule has 6 nitrogen and oxygen atoms in total. The largest absolute Gasteiger partial charge is 0.351 e. The summed E-state index contributed by atoms with van der Waals surface area (Å²) in [6.45, 7) is 1.35. The molecular weight excluding hydrogens is 232 g/mol. The van der Waals surface area contributed by atoms with Crippen LogP contribution in [0.25, 0.3) is 0 Å². The molecular formula is C12H14N4O2. The second-order valence-corrected chi connectivity index (χ2v) is 3.84. The lowest BCUT2D eigenvalue weighted by Gasteiger charge is -2.05. The number of pyridine rings is 1. The lowest BCUT2D eigenvalue weighted by atomic mass is 10.3. The van der Waals surface area contributed by atoms with Crippen LogP contribution in [-0.4, -0.2) is 27.0 Å². The Bertz CT molecular complexity index is 559. The Morgan fingerprint density at radius 1 is 1.44 bits per heavy atom. The molecule has 2 heterocycles. The number of carbonyl (C=O) groups is 1. The van der Waals surface area contributed by atoms with Crippen LogP contribution in [0.4, 0.5) is 0 Å². The van der Waals surface area contributed by atoms with Crippen molar-refractivity contribution in [3.63, 3.8) is 0 Å². The maximum absolute atomic E-state index is 11.7. The Balaban J connectivity index is 1.77. The summed E-state index contributed by atoms with van der Waals surface area (Å²) in [5.41, 5.74) is 0.00574. The predicted octanol–water partition coefficient (Wildman–Crippen LogP) is 0.391. The summed E-state index contributed by atoms with van der Waals surface area (Å²) < 4.78 is 1.94. The fraction of sp³-hybridized carbons (Fsp3) is 0.250.